The molecule has 1 saturated carbocycles. The van der Waals surface area contributed by atoms with Crippen LogP contribution in [0, 0.1) is 13.8 Å². The van der Waals surface area contributed by atoms with Crippen LogP contribution >= 0.6 is 0 Å². The van der Waals surface area contributed by atoms with Gasteiger partial charge in [-0.3, -0.25) is 4.79 Å². The van der Waals surface area contributed by atoms with Crippen molar-refractivity contribution in [3.8, 4) is 0 Å². The average molecular weight is 351 g/mol. The van der Waals surface area contributed by atoms with E-state index in [0.717, 1.165) is 24.6 Å². The first-order valence-corrected chi connectivity index (χ1v) is 9.31. The van der Waals surface area contributed by atoms with E-state index in [0.29, 0.717) is 19.1 Å². The summed E-state index contributed by atoms with van der Waals surface area (Å²) in [5.41, 5.74) is 3.70. The van der Waals surface area contributed by atoms with Crippen molar-refractivity contribution >= 4 is 17.9 Å². The average Bonchev–Trinajstić information content (AvgIpc) is 3.46. The van der Waals surface area contributed by atoms with Gasteiger partial charge in [-0.05, 0) is 50.5 Å². The summed E-state index contributed by atoms with van der Waals surface area (Å²) in [6.45, 7) is 7.22. The summed E-state index contributed by atoms with van der Waals surface area (Å²) in [6.07, 6.45) is 9.73. The van der Waals surface area contributed by atoms with Crippen molar-refractivity contribution in [2.45, 2.75) is 32.7 Å². The Morgan fingerprint density at radius 3 is 2.46 bits per heavy atom. The second-order valence-electron chi connectivity index (χ2n) is 7.12. The number of nitrogens with zero attached hydrogens (tertiary/aromatic N) is 5. The molecular weight excluding hydrogens is 326 g/mol. The molecule has 0 unspecified atom stereocenters. The Hall–Kier alpha value is -2.63. The molecule has 6 heteroatoms. The molecule has 0 bridgehead atoms. The lowest BCUT2D eigenvalue weighted by Gasteiger charge is -2.34. The fourth-order valence-electron chi connectivity index (χ4n) is 3.71. The number of aromatic nitrogens is 3. The smallest absolute Gasteiger partial charge is 0.246 e. The number of anilines is 1. The molecule has 0 radical (unpaired) electrons. The van der Waals surface area contributed by atoms with Crippen LogP contribution < -0.4 is 4.90 Å². The molecular formula is C20H25N5O. The second-order valence-corrected chi connectivity index (χ2v) is 7.12. The summed E-state index contributed by atoms with van der Waals surface area (Å²) in [6, 6.07) is 4.66. The van der Waals surface area contributed by atoms with Crippen molar-refractivity contribution in [2.24, 2.45) is 0 Å². The van der Waals surface area contributed by atoms with Crippen molar-refractivity contribution in [1.82, 2.24) is 19.4 Å². The molecule has 136 valence electrons. The summed E-state index contributed by atoms with van der Waals surface area (Å²) >= 11 is 0. The summed E-state index contributed by atoms with van der Waals surface area (Å²) in [4.78, 5) is 25.1. The van der Waals surface area contributed by atoms with Gasteiger partial charge < -0.3 is 14.4 Å². The van der Waals surface area contributed by atoms with E-state index in [4.69, 9.17) is 0 Å². The Morgan fingerprint density at radius 1 is 1.12 bits per heavy atom. The molecule has 6 nitrogen and oxygen atoms in total. The molecule has 1 amide bonds. The number of carbonyl (C=O) groups is 1. The normalized spacial score (nSPS) is 17.9. The molecule has 0 N–H and O–H groups in total. The summed E-state index contributed by atoms with van der Waals surface area (Å²) in [5.74, 6) is 0.817. The van der Waals surface area contributed by atoms with Crippen LogP contribution in [-0.4, -0.2) is 51.5 Å². The lowest BCUT2D eigenvalue weighted by Crippen LogP contribution is -2.48. The minimum absolute atomic E-state index is 0.0786. The topological polar surface area (TPSA) is 54.3 Å². The van der Waals surface area contributed by atoms with E-state index in [1.165, 1.54) is 24.2 Å². The Balaban J connectivity index is 1.37. The molecule has 4 rings (SSSR count). The molecule has 26 heavy (non-hydrogen) atoms. The Morgan fingerprint density at radius 2 is 1.81 bits per heavy atom. The zero-order valence-corrected chi connectivity index (χ0v) is 15.4. The van der Waals surface area contributed by atoms with Crippen molar-refractivity contribution in [3.05, 3.63) is 47.6 Å². The van der Waals surface area contributed by atoms with Gasteiger partial charge >= 0.3 is 0 Å². The first-order chi connectivity index (χ1) is 12.6. The minimum atomic E-state index is 0.0786. The molecule has 0 spiro atoms. The largest absolute Gasteiger partial charge is 0.346 e. The second kappa shape index (κ2) is 6.94. The van der Waals surface area contributed by atoms with Crippen molar-refractivity contribution < 1.29 is 4.79 Å². The maximum atomic E-state index is 12.5. The maximum absolute atomic E-state index is 12.5. The molecule has 2 aliphatic rings. The summed E-state index contributed by atoms with van der Waals surface area (Å²) in [7, 11) is 0. The number of rotatable bonds is 4. The third-order valence-electron chi connectivity index (χ3n) is 5.27. The molecule has 3 heterocycles. The summed E-state index contributed by atoms with van der Waals surface area (Å²) < 4.78 is 2.41. The number of aryl methyl sites for hydroxylation is 1. The Bertz CT molecular complexity index is 814. The van der Waals surface area contributed by atoms with Crippen LogP contribution in [0.25, 0.3) is 6.08 Å². The Kier molecular flexibility index (Phi) is 4.49. The standard InChI is InChI=1S/C20H25N5O/c1-15-14-17(16(2)25(15)18-5-6-18)4-7-19(26)23-10-12-24(13-11-23)20-21-8-3-9-22-20/h3-4,7-9,14,18H,5-6,10-13H2,1-2H3. The zero-order valence-electron chi connectivity index (χ0n) is 15.4. The molecule has 2 aromatic rings. The zero-order chi connectivity index (χ0) is 18.1. The van der Waals surface area contributed by atoms with Gasteiger partial charge in [0.25, 0.3) is 0 Å². The maximum Gasteiger partial charge on any atom is 0.246 e. The van der Waals surface area contributed by atoms with E-state index in [9.17, 15) is 4.79 Å². The molecule has 2 fully saturated rings. The summed E-state index contributed by atoms with van der Waals surface area (Å²) in [5, 5.41) is 0. The Labute approximate surface area is 154 Å². The molecule has 1 aliphatic carbocycles. The molecule has 2 aromatic heterocycles. The number of amides is 1. The number of carbonyl (C=O) groups excluding carboxylic acids is 1. The van der Waals surface area contributed by atoms with Crippen molar-refractivity contribution in [1.29, 1.82) is 0 Å². The third-order valence-corrected chi connectivity index (χ3v) is 5.27. The first-order valence-electron chi connectivity index (χ1n) is 9.31. The SMILES string of the molecule is Cc1cc(C=CC(=O)N2CCN(c3ncccn3)CC2)c(C)n1C1CC1. The van der Waals surface area contributed by atoms with Gasteiger partial charge in [-0.2, -0.15) is 0 Å². The molecule has 0 aromatic carbocycles. The molecule has 1 aliphatic heterocycles. The predicted octanol–water partition coefficient (Wildman–Crippen LogP) is 2.59. The van der Waals surface area contributed by atoms with Gasteiger partial charge in [-0.15, -0.1) is 0 Å². The van der Waals surface area contributed by atoms with E-state index in [-0.39, 0.29) is 5.91 Å². The van der Waals surface area contributed by atoms with Crippen molar-refractivity contribution in [3.63, 3.8) is 0 Å². The van der Waals surface area contributed by atoms with Crippen LogP contribution in [0.4, 0.5) is 5.95 Å². The highest BCUT2D eigenvalue weighted by molar-refractivity contribution is 5.92. The van der Waals surface area contributed by atoms with E-state index in [1.807, 2.05) is 17.0 Å². The molecule has 0 atom stereocenters. The van der Waals surface area contributed by atoms with Gasteiger partial charge in [0.1, 0.15) is 0 Å². The highest BCUT2D eigenvalue weighted by Gasteiger charge is 2.26. The fraction of sp³-hybridized carbons (Fsp3) is 0.450. The van der Waals surface area contributed by atoms with E-state index in [1.54, 1.807) is 18.5 Å². The van der Waals surface area contributed by atoms with Crippen LogP contribution in [0.5, 0.6) is 0 Å². The number of hydrogen-bond acceptors (Lipinski definition) is 4. The van der Waals surface area contributed by atoms with E-state index >= 15 is 0 Å². The first kappa shape index (κ1) is 16.8. The van der Waals surface area contributed by atoms with E-state index in [2.05, 4.69) is 39.3 Å². The van der Waals surface area contributed by atoms with Gasteiger partial charge in [0.2, 0.25) is 11.9 Å². The number of hydrogen-bond donors (Lipinski definition) is 0. The van der Waals surface area contributed by atoms with Crippen LogP contribution in [0.15, 0.2) is 30.6 Å². The minimum Gasteiger partial charge on any atom is -0.346 e. The van der Waals surface area contributed by atoms with Gasteiger partial charge in [0, 0.05) is 62.1 Å². The van der Waals surface area contributed by atoms with E-state index < -0.39 is 0 Å². The third kappa shape index (κ3) is 3.36. The van der Waals surface area contributed by atoms with Gasteiger partial charge in [0.15, 0.2) is 0 Å². The quantitative estimate of drug-likeness (QED) is 0.795. The predicted molar refractivity (Wildman–Crippen MR) is 102 cm³/mol. The van der Waals surface area contributed by atoms with Crippen molar-refractivity contribution in [2.75, 3.05) is 31.1 Å². The van der Waals surface area contributed by atoms with Crippen LogP contribution in [-0.2, 0) is 4.79 Å². The number of piperazine rings is 1. The monoisotopic (exact) mass is 351 g/mol. The van der Waals surface area contributed by atoms with Gasteiger partial charge in [-0.1, -0.05) is 0 Å². The van der Waals surface area contributed by atoms with Crippen LogP contribution in [0.3, 0.4) is 0 Å². The highest BCUT2D eigenvalue weighted by Crippen LogP contribution is 2.38. The van der Waals surface area contributed by atoms with Gasteiger partial charge in [0.05, 0.1) is 0 Å². The lowest BCUT2D eigenvalue weighted by molar-refractivity contribution is -0.126. The fourth-order valence-corrected chi connectivity index (χ4v) is 3.71. The lowest BCUT2D eigenvalue weighted by atomic mass is 10.2. The molecule has 1 saturated heterocycles. The van der Waals surface area contributed by atoms with Crippen LogP contribution in [0.2, 0.25) is 0 Å². The van der Waals surface area contributed by atoms with Gasteiger partial charge in [-0.25, -0.2) is 9.97 Å². The van der Waals surface area contributed by atoms with Crippen LogP contribution in [0.1, 0.15) is 35.8 Å². The highest BCUT2D eigenvalue weighted by atomic mass is 16.2.